The Morgan fingerprint density at radius 1 is 0.947 bits per heavy atom. The molecular weight excluding hydrogens is 375 g/mol. The minimum atomic E-state index is -4.73. The Kier molecular flexibility index (Phi) is 3.98. The molecule has 0 aliphatic carbocycles. The summed E-state index contributed by atoms with van der Waals surface area (Å²) in [6.45, 7) is 0. The third kappa shape index (κ3) is 3.82. The molecule has 0 aromatic heterocycles. The predicted octanol–water partition coefficient (Wildman–Crippen LogP) is 5.00. The summed E-state index contributed by atoms with van der Waals surface area (Å²) in [7, 11) is 0. The van der Waals surface area contributed by atoms with Crippen LogP contribution in [0, 0.1) is 9.39 Å². The number of halogens is 5. The molecule has 0 saturated heterocycles. The summed E-state index contributed by atoms with van der Waals surface area (Å²) >= 11 is 1.82. The predicted molar refractivity (Wildman–Crippen MR) is 71.2 cm³/mol. The topological polar surface area (TPSA) is 9.23 Å². The summed E-state index contributed by atoms with van der Waals surface area (Å²) in [6.07, 6.45) is -4.73. The van der Waals surface area contributed by atoms with E-state index in [0.717, 1.165) is 0 Å². The van der Waals surface area contributed by atoms with E-state index in [9.17, 15) is 17.6 Å². The van der Waals surface area contributed by atoms with Crippen molar-refractivity contribution in [1.82, 2.24) is 0 Å². The Morgan fingerprint density at radius 2 is 1.63 bits per heavy atom. The van der Waals surface area contributed by atoms with E-state index in [-0.39, 0.29) is 11.6 Å². The Balaban J connectivity index is 2.35. The van der Waals surface area contributed by atoms with Crippen molar-refractivity contribution in [3.63, 3.8) is 0 Å². The maximum atomic E-state index is 13.1. The van der Waals surface area contributed by atoms with Crippen LogP contribution in [0.1, 0.15) is 0 Å². The number of hydrogen-bond donors (Lipinski definition) is 0. The highest BCUT2D eigenvalue weighted by atomic mass is 127. The lowest BCUT2D eigenvalue weighted by molar-refractivity contribution is -0.274. The number of rotatable bonds is 2. The van der Waals surface area contributed by atoms with Crippen LogP contribution in [-0.2, 0) is 0 Å². The van der Waals surface area contributed by atoms with Crippen molar-refractivity contribution in [1.29, 1.82) is 0 Å². The van der Waals surface area contributed by atoms with Gasteiger partial charge in [-0.2, -0.15) is 0 Å². The van der Waals surface area contributed by atoms with Crippen LogP contribution in [0.15, 0.2) is 42.5 Å². The highest BCUT2D eigenvalue weighted by molar-refractivity contribution is 14.1. The first-order valence-corrected chi connectivity index (χ1v) is 6.24. The molecule has 0 saturated carbocycles. The van der Waals surface area contributed by atoms with Gasteiger partial charge < -0.3 is 4.74 Å². The fraction of sp³-hybridized carbons (Fsp3) is 0.0769. The zero-order valence-corrected chi connectivity index (χ0v) is 11.5. The van der Waals surface area contributed by atoms with Crippen LogP contribution in [-0.4, -0.2) is 6.36 Å². The van der Waals surface area contributed by atoms with Crippen molar-refractivity contribution in [3.05, 3.63) is 51.9 Å². The van der Waals surface area contributed by atoms with E-state index < -0.39 is 6.36 Å². The smallest absolute Gasteiger partial charge is 0.406 e. The molecule has 0 amide bonds. The summed E-state index contributed by atoms with van der Waals surface area (Å²) in [5, 5.41) is 0. The number of benzene rings is 2. The molecular formula is C13H7F4IO. The van der Waals surface area contributed by atoms with Gasteiger partial charge in [-0.1, -0.05) is 18.2 Å². The molecule has 1 nitrogen and oxygen atoms in total. The third-order valence-corrected chi connectivity index (χ3v) is 3.15. The average Bonchev–Trinajstić information content (AvgIpc) is 2.31. The molecule has 2 aromatic carbocycles. The summed E-state index contributed by atoms with van der Waals surface area (Å²) in [4.78, 5) is 0. The molecule has 6 heteroatoms. The molecule has 0 unspecified atom stereocenters. The average molecular weight is 382 g/mol. The van der Waals surface area contributed by atoms with Gasteiger partial charge in [-0.3, -0.25) is 0 Å². The van der Waals surface area contributed by atoms with Gasteiger partial charge in [0.15, 0.2) is 0 Å². The Morgan fingerprint density at radius 3 is 2.26 bits per heavy atom. The van der Waals surface area contributed by atoms with Gasteiger partial charge in [0.25, 0.3) is 0 Å². The van der Waals surface area contributed by atoms with Gasteiger partial charge in [0, 0.05) is 3.57 Å². The van der Waals surface area contributed by atoms with Crippen molar-refractivity contribution in [2.24, 2.45) is 0 Å². The molecule has 100 valence electrons. The van der Waals surface area contributed by atoms with Crippen LogP contribution in [0.5, 0.6) is 5.75 Å². The van der Waals surface area contributed by atoms with Crippen molar-refractivity contribution >= 4 is 22.6 Å². The van der Waals surface area contributed by atoms with Crippen molar-refractivity contribution in [3.8, 4) is 16.9 Å². The lowest BCUT2D eigenvalue weighted by Gasteiger charge is -2.10. The fourth-order valence-corrected chi connectivity index (χ4v) is 2.06. The van der Waals surface area contributed by atoms with Gasteiger partial charge in [0.1, 0.15) is 11.6 Å². The Hall–Kier alpha value is -1.31. The first-order valence-electron chi connectivity index (χ1n) is 5.16. The number of hydrogen-bond acceptors (Lipinski definition) is 1. The summed E-state index contributed by atoms with van der Waals surface area (Å²) < 4.78 is 53.7. The minimum absolute atomic E-state index is 0.302. The molecule has 0 bridgehead atoms. The second-order valence-corrected chi connectivity index (χ2v) is 4.87. The van der Waals surface area contributed by atoms with Gasteiger partial charge >= 0.3 is 6.36 Å². The summed E-state index contributed by atoms with van der Waals surface area (Å²) in [5.74, 6) is -0.670. The molecule has 0 fully saturated rings. The van der Waals surface area contributed by atoms with E-state index in [2.05, 4.69) is 4.74 Å². The first-order chi connectivity index (χ1) is 8.85. The van der Waals surface area contributed by atoms with Crippen LogP contribution in [0.25, 0.3) is 11.1 Å². The molecule has 0 atom stereocenters. The van der Waals surface area contributed by atoms with Crippen molar-refractivity contribution in [2.45, 2.75) is 6.36 Å². The highest BCUT2D eigenvalue weighted by Gasteiger charge is 2.31. The van der Waals surface area contributed by atoms with Crippen molar-refractivity contribution < 1.29 is 22.3 Å². The van der Waals surface area contributed by atoms with E-state index in [1.54, 1.807) is 12.1 Å². The molecule has 0 aliphatic heterocycles. The lowest BCUT2D eigenvalue weighted by atomic mass is 10.1. The number of ether oxygens (including phenoxy) is 1. The van der Waals surface area contributed by atoms with E-state index in [4.69, 9.17) is 0 Å². The zero-order chi connectivity index (χ0) is 14.0. The van der Waals surface area contributed by atoms with Crippen molar-refractivity contribution in [2.75, 3.05) is 0 Å². The zero-order valence-electron chi connectivity index (χ0n) is 9.34. The van der Waals surface area contributed by atoms with Gasteiger partial charge in [-0.25, -0.2) is 4.39 Å². The Labute approximate surface area is 120 Å². The molecule has 0 spiro atoms. The molecule has 0 aliphatic rings. The molecule has 0 N–H and O–H groups in total. The standard InChI is InChI=1S/C13H7F4IO/c14-11-5-4-9(7-12(11)18)8-2-1-3-10(6-8)19-13(15,16)17/h1-7H. The van der Waals surface area contributed by atoms with Gasteiger partial charge in [0.2, 0.25) is 0 Å². The minimum Gasteiger partial charge on any atom is -0.406 e. The van der Waals surface area contributed by atoms with Gasteiger partial charge in [-0.15, -0.1) is 13.2 Å². The van der Waals surface area contributed by atoms with Crippen LogP contribution in [0.4, 0.5) is 17.6 Å². The molecule has 2 rings (SSSR count). The quantitative estimate of drug-likeness (QED) is 0.525. The summed E-state index contributed by atoms with van der Waals surface area (Å²) in [6, 6.07) is 9.89. The van der Waals surface area contributed by atoms with Crippen LogP contribution in [0.2, 0.25) is 0 Å². The van der Waals surface area contributed by atoms with E-state index in [0.29, 0.717) is 14.7 Å². The second kappa shape index (κ2) is 5.36. The molecule has 19 heavy (non-hydrogen) atoms. The van der Waals surface area contributed by atoms with Gasteiger partial charge in [-0.05, 0) is 58.0 Å². The second-order valence-electron chi connectivity index (χ2n) is 3.70. The van der Waals surface area contributed by atoms with E-state index in [1.807, 2.05) is 22.6 Å². The largest absolute Gasteiger partial charge is 0.573 e. The maximum absolute atomic E-state index is 13.1. The third-order valence-electron chi connectivity index (χ3n) is 2.32. The van der Waals surface area contributed by atoms with Gasteiger partial charge in [0.05, 0.1) is 0 Å². The monoisotopic (exact) mass is 382 g/mol. The summed E-state index contributed by atoms with van der Waals surface area (Å²) in [5.41, 5.74) is 1.15. The number of alkyl halides is 3. The van der Waals surface area contributed by atoms with Crippen LogP contribution >= 0.6 is 22.6 Å². The molecule has 0 radical (unpaired) electrons. The SMILES string of the molecule is Fc1ccc(-c2cccc(OC(F)(F)F)c2)cc1I. The molecule has 2 aromatic rings. The Bertz CT molecular complexity index is 595. The molecule has 0 heterocycles. The van der Waals surface area contributed by atoms with E-state index >= 15 is 0 Å². The maximum Gasteiger partial charge on any atom is 0.573 e. The lowest BCUT2D eigenvalue weighted by Crippen LogP contribution is -2.17. The van der Waals surface area contributed by atoms with Crippen LogP contribution < -0.4 is 4.74 Å². The fourth-order valence-electron chi connectivity index (χ4n) is 1.55. The van der Waals surface area contributed by atoms with E-state index in [1.165, 1.54) is 30.3 Å². The highest BCUT2D eigenvalue weighted by Crippen LogP contribution is 2.29. The first kappa shape index (κ1) is 14.1. The normalized spacial score (nSPS) is 11.4. The van der Waals surface area contributed by atoms with Crippen LogP contribution in [0.3, 0.4) is 0 Å².